The lowest BCUT2D eigenvalue weighted by atomic mass is 9.70. The van der Waals surface area contributed by atoms with Gasteiger partial charge in [-0.3, -0.25) is 0 Å². The number of allylic oxidation sites excluding steroid dienone is 1. The number of nitrogens with zero attached hydrogens (tertiary/aromatic N) is 2. The Hall–Kier alpha value is -1.83. The highest BCUT2D eigenvalue weighted by atomic mass is 15.3. The molecule has 27 heavy (non-hydrogen) atoms. The minimum Gasteiger partial charge on any atom is -0.223 e. The van der Waals surface area contributed by atoms with Crippen molar-refractivity contribution >= 4 is 5.57 Å². The van der Waals surface area contributed by atoms with Gasteiger partial charge in [0, 0.05) is 31.3 Å². The van der Waals surface area contributed by atoms with Crippen molar-refractivity contribution in [1.29, 1.82) is 0 Å². The van der Waals surface area contributed by atoms with Crippen LogP contribution in [0.25, 0.3) is 17.0 Å². The highest BCUT2D eigenvalue weighted by Gasteiger charge is 2.60. The van der Waals surface area contributed by atoms with Crippen molar-refractivity contribution in [2.75, 3.05) is 0 Å². The van der Waals surface area contributed by atoms with Crippen molar-refractivity contribution in [3.05, 3.63) is 47.3 Å². The zero-order valence-corrected chi connectivity index (χ0v) is 17.2. The Bertz CT molecular complexity index is 1000. The van der Waals surface area contributed by atoms with Crippen molar-refractivity contribution in [2.45, 2.75) is 77.3 Å². The lowest BCUT2D eigenvalue weighted by Crippen LogP contribution is -2.53. The van der Waals surface area contributed by atoms with Gasteiger partial charge in [0.25, 0.3) is 5.82 Å². The van der Waals surface area contributed by atoms with Crippen molar-refractivity contribution in [2.24, 2.45) is 11.8 Å². The number of benzene rings is 1. The van der Waals surface area contributed by atoms with Crippen LogP contribution in [0.5, 0.6) is 0 Å². The number of aromatic nitrogens is 2. The first-order valence-corrected chi connectivity index (χ1v) is 11.0. The lowest BCUT2D eigenvalue weighted by Gasteiger charge is -2.42. The van der Waals surface area contributed by atoms with Gasteiger partial charge in [-0.1, -0.05) is 38.6 Å². The summed E-state index contributed by atoms with van der Waals surface area (Å²) in [6.45, 7) is 14.1. The molecule has 2 nitrogen and oxygen atoms in total. The average Bonchev–Trinajstić information content (AvgIpc) is 3.37. The molecule has 2 aliphatic carbocycles. The Morgan fingerprint density at radius 2 is 1.89 bits per heavy atom. The molecule has 0 spiro atoms. The predicted octanol–water partition coefficient (Wildman–Crippen LogP) is 5.67. The van der Waals surface area contributed by atoms with E-state index in [0.29, 0.717) is 12.0 Å². The first kappa shape index (κ1) is 16.2. The molecular formula is C25H31N2+. The number of rotatable bonds is 2. The largest absolute Gasteiger partial charge is 0.291 e. The van der Waals surface area contributed by atoms with Crippen LogP contribution in [-0.4, -0.2) is 4.57 Å². The number of fused-ring (bicyclic) bond motifs is 7. The van der Waals surface area contributed by atoms with E-state index < -0.39 is 0 Å². The second kappa shape index (κ2) is 4.96. The van der Waals surface area contributed by atoms with E-state index in [2.05, 4.69) is 55.0 Å². The summed E-state index contributed by atoms with van der Waals surface area (Å²) in [6, 6.07) is 7.78. The maximum atomic E-state index is 4.70. The van der Waals surface area contributed by atoms with Gasteiger partial charge in [-0.25, -0.2) is 9.13 Å². The Kier molecular flexibility index (Phi) is 2.96. The topological polar surface area (TPSA) is 8.81 Å². The lowest BCUT2D eigenvalue weighted by molar-refractivity contribution is -0.728. The van der Waals surface area contributed by atoms with E-state index in [0.717, 1.165) is 24.7 Å². The third-order valence-corrected chi connectivity index (χ3v) is 9.00. The first-order chi connectivity index (χ1) is 13.0. The van der Waals surface area contributed by atoms with Crippen molar-refractivity contribution < 1.29 is 4.57 Å². The summed E-state index contributed by atoms with van der Waals surface area (Å²) in [5.74, 6) is 3.97. The van der Waals surface area contributed by atoms with Crippen LogP contribution in [0.4, 0.5) is 0 Å². The second-order valence-electron chi connectivity index (χ2n) is 9.54. The summed E-state index contributed by atoms with van der Waals surface area (Å²) in [5.41, 5.74) is 8.88. The maximum Gasteiger partial charge on any atom is 0.291 e. The first-order valence-electron chi connectivity index (χ1n) is 11.0. The fourth-order valence-corrected chi connectivity index (χ4v) is 7.68. The van der Waals surface area contributed by atoms with E-state index in [1.165, 1.54) is 53.2 Å². The predicted molar refractivity (Wildman–Crippen MR) is 110 cm³/mol. The summed E-state index contributed by atoms with van der Waals surface area (Å²) in [5, 5.41) is 0. The van der Waals surface area contributed by atoms with Crippen molar-refractivity contribution in [3.63, 3.8) is 0 Å². The average molecular weight is 360 g/mol. The fraction of sp³-hybridized carbons (Fsp3) is 0.560. The molecule has 0 radical (unpaired) electrons. The molecule has 2 bridgehead atoms. The van der Waals surface area contributed by atoms with Gasteiger partial charge in [0.2, 0.25) is 0 Å². The van der Waals surface area contributed by atoms with E-state index in [-0.39, 0.29) is 5.54 Å². The third kappa shape index (κ3) is 1.56. The number of hydrogen-bond donors (Lipinski definition) is 0. The van der Waals surface area contributed by atoms with Crippen LogP contribution < -0.4 is 4.57 Å². The molecule has 1 aromatic heterocycles. The Morgan fingerprint density at radius 1 is 1.15 bits per heavy atom. The Morgan fingerprint density at radius 3 is 2.63 bits per heavy atom. The normalized spacial score (nSPS) is 31.2. The molecule has 2 heteroatoms. The molecule has 4 unspecified atom stereocenters. The minimum atomic E-state index is 0.0194. The van der Waals surface area contributed by atoms with Crippen molar-refractivity contribution in [3.8, 4) is 11.4 Å². The molecule has 6 rings (SSSR count). The zero-order valence-electron chi connectivity index (χ0n) is 17.2. The molecule has 2 fully saturated rings. The number of imidazole rings is 1. The van der Waals surface area contributed by atoms with Crippen LogP contribution in [0.2, 0.25) is 0 Å². The standard InChI is InChI=1S/C25H31N2/c1-6-25(7-2)14(3)19-9-8-10-20-21-17-11-12-18(13-17)23(21)26-15(4)16(5)27(25)24(26)22(19)20/h8-10,17-18,21,23H,3,6-7,11-13H2,1-2,4-5H3/q+1. The van der Waals surface area contributed by atoms with E-state index >= 15 is 0 Å². The molecular weight excluding hydrogens is 328 g/mol. The van der Waals surface area contributed by atoms with Crippen LogP contribution in [0.15, 0.2) is 24.8 Å². The van der Waals surface area contributed by atoms with E-state index in [9.17, 15) is 0 Å². The SMILES string of the molecule is C=C1c2cccc3c2-c2n(c(C)c(C)[n+]2C2C4CCC(C4)C32)C1(CC)CC. The summed E-state index contributed by atoms with van der Waals surface area (Å²) in [6.07, 6.45) is 6.50. The monoisotopic (exact) mass is 359 g/mol. The van der Waals surface area contributed by atoms with Crippen LogP contribution in [0, 0.1) is 25.7 Å². The van der Waals surface area contributed by atoms with Gasteiger partial charge >= 0.3 is 0 Å². The molecule has 0 amide bonds. The Labute approximate surface area is 162 Å². The zero-order chi connectivity index (χ0) is 18.7. The molecule has 3 heterocycles. The minimum absolute atomic E-state index is 0.0194. The van der Waals surface area contributed by atoms with Crippen LogP contribution in [0.3, 0.4) is 0 Å². The van der Waals surface area contributed by atoms with Crippen LogP contribution >= 0.6 is 0 Å². The highest BCUT2D eigenvalue weighted by Crippen LogP contribution is 2.63. The molecule has 1 aromatic carbocycles. The summed E-state index contributed by atoms with van der Waals surface area (Å²) in [7, 11) is 0. The second-order valence-corrected chi connectivity index (χ2v) is 9.54. The van der Waals surface area contributed by atoms with Gasteiger partial charge in [-0.05, 0) is 49.1 Å². The van der Waals surface area contributed by atoms with E-state index in [1.807, 2.05) is 0 Å². The summed E-state index contributed by atoms with van der Waals surface area (Å²) in [4.78, 5) is 0. The highest BCUT2D eigenvalue weighted by molar-refractivity contribution is 5.87. The maximum absolute atomic E-state index is 4.70. The Balaban J connectivity index is 1.79. The molecule has 0 N–H and O–H groups in total. The third-order valence-electron chi connectivity index (χ3n) is 9.00. The summed E-state index contributed by atoms with van der Waals surface area (Å²) < 4.78 is 5.50. The van der Waals surface area contributed by atoms with Gasteiger partial charge < -0.3 is 0 Å². The molecule has 140 valence electrons. The molecule has 4 aliphatic rings. The quantitative estimate of drug-likeness (QED) is 0.611. The van der Waals surface area contributed by atoms with Crippen LogP contribution in [-0.2, 0) is 5.54 Å². The van der Waals surface area contributed by atoms with Crippen LogP contribution in [0.1, 0.15) is 80.4 Å². The van der Waals surface area contributed by atoms with Crippen molar-refractivity contribution in [1.82, 2.24) is 4.57 Å². The molecule has 4 atom stereocenters. The summed E-state index contributed by atoms with van der Waals surface area (Å²) >= 11 is 0. The van der Waals surface area contributed by atoms with Gasteiger partial charge in [0.15, 0.2) is 0 Å². The van der Waals surface area contributed by atoms with Gasteiger partial charge in [0.1, 0.15) is 23.0 Å². The molecule has 2 aliphatic heterocycles. The van der Waals surface area contributed by atoms with Gasteiger partial charge in [-0.15, -0.1) is 0 Å². The smallest absolute Gasteiger partial charge is 0.223 e. The van der Waals surface area contributed by atoms with E-state index in [1.54, 1.807) is 5.56 Å². The van der Waals surface area contributed by atoms with Gasteiger partial charge in [-0.2, -0.15) is 0 Å². The fourth-order valence-electron chi connectivity index (χ4n) is 7.68. The van der Waals surface area contributed by atoms with E-state index in [4.69, 9.17) is 6.58 Å². The van der Waals surface area contributed by atoms with Gasteiger partial charge in [0.05, 0.1) is 5.56 Å². The molecule has 2 aromatic rings. The molecule has 2 saturated carbocycles. The number of hydrogen-bond acceptors (Lipinski definition) is 0. The molecule has 0 saturated heterocycles.